The van der Waals surface area contributed by atoms with Crippen LogP contribution in [-0.2, 0) is 4.79 Å². The molecule has 0 unspecified atom stereocenters. The second kappa shape index (κ2) is 4.58. The number of benzene rings is 1. The van der Waals surface area contributed by atoms with E-state index in [0.29, 0.717) is 10.9 Å². The van der Waals surface area contributed by atoms with Gasteiger partial charge >= 0.3 is 0 Å². The summed E-state index contributed by atoms with van der Waals surface area (Å²) < 4.78 is 0. The molecule has 1 atom stereocenters. The summed E-state index contributed by atoms with van der Waals surface area (Å²) in [5.41, 5.74) is 2.32. The zero-order valence-electron chi connectivity index (χ0n) is 9.18. The van der Waals surface area contributed by atoms with E-state index in [1.54, 1.807) is 22.5 Å². The van der Waals surface area contributed by atoms with Gasteiger partial charge in [-0.1, -0.05) is 29.5 Å². The third-order valence-corrected chi connectivity index (χ3v) is 4.51. The van der Waals surface area contributed by atoms with Gasteiger partial charge in [-0.2, -0.15) is 0 Å². The van der Waals surface area contributed by atoms with Crippen LogP contribution >= 0.6 is 23.1 Å². The zero-order valence-corrected chi connectivity index (χ0v) is 10.8. The van der Waals surface area contributed by atoms with Crippen LogP contribution in [0.2, 0.25) is 0 Å². The number of amides is 1. The second-order valence-corrected chi connectivity index (χ2v) is 5.59. The predicted octanol–water partition coefficient (Wildman–Crippen LogP) is 2.02. The summed E-state index contributed by atoms with van der Waals surface area (Å²) >= 11 is 2.80. The Morgan fingerprint density at radius 2 is 2.22 bits per heavy atom. The Labute approximate surface area is 111 Å². The number of anilines is 1. The lowest BCUT2D eigenvalue weighted by Gasteiger charge is -2.21. The normalized spacial score (nSPS) is 19.4. The Kier molecular flexibility index (Phi) is 2.92. The minimum Gasteiger partial charge on any atom is -0.508 e. The van der Waals surface area contributed by atoms with E-state index in [0.717, 1.165) is 5.56 Å². The van der Waals surface area contributed by atoms with E-state index in [1.807, 2.05) is 12.1 Å². The lowest BCUT2D eigenvalue weighted by molar-refractivity contribution is -0.115. The van der Waals surface area contributed by atoms with E-state index in [4.69, 9.17) is 0 Å². The van der Waals surface area contributed by atoms with Gasteiger partial charge in [-0.25, -0.2) is 0 Å². The Morgan fingerprint density at radius 1 is 1.39 bits per heavy atom. The van der Waals surface area contributed by atoms with E-state index in [2.05, 4.69) is 10.2 Å². The molecule has 1 saturated heterocycles. The average Bonchev–Trinajstić information content (AvgIpc) is 2.98. The molecule has 1 aromatic heterocycles. The van der Waals surface area contributed by atoms with Crippen molar-refractivity contribution in [3.8, 4) is 5.75 Å². The third-order valence-electron chi connectivity index (χ3n) is 2.63. The molecule has 1 amide bonds. The number of phenolic OH excluding ortho intramolecular Hbond substituents is 1. The fourth-order valence-electron chi connectivity index (χ4n) is 1.83. The summed E-state index contributed by atoms with van der Waals surface area (Å²) in [7, 11) is 0. The topological polar surface area (TPSA) is 66.3 Å². The highest BCUT2D eigenvalue weighted by molar-refractivity contribution is 8.00. The Bertz CT molecular complexity index is 573. The number of nitrogens with zero attached hydrogens (tertiary/aromatic N) is 3. The van der Waals surface area contributed by atoms with Crippen molar-refractivity contribution >= 4 is 34.1 Å². The van der Waals surface area contributed by atoms with Crippen LogP contribution in [0.1, 0.15) is 10.9 Å². The zero-order chi connectivity index (χ0) is 12.5. The largest absolute Gasteiger partial charge is 0.508 e. The first-order valence-electron chi connectivity index (χ1n) is 5.25. The summed E-state index contributed by atoms with van der Waals surface area (Å²) in [4.78, 5) is 13.5. The van der Waals surface area contributed by atoms with Crippen molar-refractivity contribution in [1.29, 1.82) is 0 Å². The molecule has 1 aromatic carbocycles. The molecular weight excluding hydrogens is 270 g/mol. The van der Waals surface area contributed by atoms with Crippen LogP contribution in [0.25, 0.3) is 0 Å². The maximum atomic E-state index is 11.9. The minimum atomic E-state index is -0.230. The maximum Gasteiger partial charge on any atom is 0.240 e. The molecule has 2 aromatic rings. The monoisotopic (exact) mass is 279 g/mol. The number of hydrogen-bond acceptors (Lipinski definition) is 6. The highest BCUT2D eigenvalue weighted by atomic mass is 32.2. The van der Waals surface area contributed by atoms with Crippen LogP contribution in [0.4, 0.5) is 5.13 Å². The molecule has 0 aliphatic carbocycles. The van der Waals surface area contributed by atoms with Crippen molar-refractivity contribution in [2.45, 2.75) is 5.37 Å². The van der Waals surface area contributed by atoms with Crippen LogP contribution in [-0.4, -0.2) is 27.0 Å². The molecule has 0 saturated carbocycles. The summed E-state index contributed by atoms with van der Waals surface area (Å²) in [6.07, 6.45) is 0. The van der Waals surface area contributed by atoms with Gasteiger partial charge in [0.1, 0.15) is 16.6 Å². The van der Waals surface area contributed by atoms with Gasteiger partial charge in [0.2, 0.25) is 11.0 Å². The second-order valence-electron chi connectivity index (χ2n) is 3.71. The van der Waals surface area contributed by atoms with Crippen molar-refractivity contribution in [3.05, 3.63) is 35.3 Å². The van der Waals surface area contributed by atoms with E-state index < -0.39 is 0 Å². The molecule has 0 spiro atoms. The van der Waals surface area contributed by atoms with Gasteiger partial charge in [0, 0.05) is 5.56 Å². The van der Waals surface area contributed by atoms with Gasteiger partial charge in [0.15, 0.2) is 0 Å². The molecule has 7 heteroatoms. The number of aromatic nitrogens is 2. The van der Waals surface area contributed by atoms with E-state index in [-0.39, 0.29) is 17.0 Å². The predicted molar refractivity (Wildman–Crippen MR) is 70.7 cm³/mol. The summed E-state index contributed by atoms with van der Waals surface area (Å²) in [6, 6.07) is 7.04. The Morgan fingerprint density at radius 3 is 2.94 bits per heavy atom. The number of carbonyl (C=O) groups excluding carboxylic acids is 1. The van der Waals surface area contributed by atoms with Gasteiger partial charge < -0.3 is 5.11 Å². The van der Waals surface area contributed by atoms with Gasteiger partial charge in [-0.15, -0.1) is 22.0 Å². The fourth-order valence-corrected chi connectivity index (χ4v) is 3.68. The van der Waals surface area contributed by atoms with Crippen molar-refractivity contribution in [1.82, 2.24) is 10.2 Å². The first-order valence-corrected chi connectivity index (χ1v) is 7.18. The van der Waals surface area contributed by atoms with Gasteiger partial charge in [-0.3, -0.25) is 9.69 Å². The number of para-hydroxylation sites is 1. The molecule has 0 bridgehead atoms. The number of phenols is 1. The number of rotatable bonds is 2. The SMILES string of the molecule is O=C1CS[C@@H](c2ccccc2O)N1c1nncs1. The van der Waals surface area contributed by atoms with Crippen LogP contribution in [0.15, 0.2) is 29.8 Å². The number of hydrogen-bond donors (Lipinski definition) is 1. The summed E-state index contributed by atoms with van der Waals surface area (Å²) in [5.74, 6) is 0.572. The smallest absolute Gasteiger partial charge is 0.240 e. The van der Waals surface area contributed by atoms with Gasteiger partial charge in [0.05, 0.1) is 5.75 Å². The number of aromatic hydroxyl groups is 1. The first kappa shape index (κ1) is 11.5. The lowest BCUT2D eigenvalue weighted by Crippen LogP contribution is -2.27. The maximum absolute atomic E-state index is 11.9. The van der Waals surface area contributed by atoms with Crippen molar-refractivity contribution < 1.29 is 9.90 Å². The number of carbonyl (C=O) groups is 1. The molecule has 3 rings (SSSR count). The van der Waals surface area contributed by atoms with Crippen LogP contribution in [0.3, 0.4) is 0 Å². The molecule has 92 valence electrons. The first-order chi connectivity index (χ1) is 8.77. The molecule has 1 aliphatic rings. The standard InChI is InChI=1S/C11H9N3O2S2/c15-8-4-2-1-3-7(8)10-14(9(16)5-17-10)11-13-12-6-18-11/h1-4,6,10,15H,5H2/t10-/m0/s1. The molecular formula is C11H9N3O2S2. The van der Waals surface area contributed by atoms with E-state index in [1.165, 1.54) is 23.1 Å². The Hall–Kier alpha value is -1.60. The molecule has 1 fully saturated rings. The number of thioether (sulfide) groups is 1. The third kappa shape index (κ3) is 1.85. The van der Waals surface area contributed by atoms with Crippen molar-refractivity contribution in [3.63, 3.8) is 0 Å². The molecule has 5 nitrogen and oxygen atoms in total. The van der Waals surface area contributed by atoms with Crippen molar-refractivity contribution in [2.75, 3.05) is 10.7 Å². The molecule has 0 radical (unpaired) electrons. The van der Waals surface area contributed by atoms with Crippen LogP contribution < -0.4 is 4.90 Å². The highest BCUT2D eigenvalue weighted by Crippen LogP contribution is 2.44. The van der Waals surface area contributed by atoms with Crippen LogP contribution in [0, 0.1) is 0 Å². The Balaban J connectivity index is 2.02. The van der Waals surface area contributed by atoms with E-state index >= 15 is 0 Å². The van der Waals surface area contributed by atoms with Crippen molar-refractivity contribution in [2.24, 2.45) is 0 Å². The fraction of sp³-hybridized carbons (Fsp3) is 0.182. The van der Waals surface area contributed by atoms with E-state index in [9.17, 15) is 9.90 Å². The average molecular weight is 279 g/mol. The minimum absolute atomic E-state index is 0.00926. The molecule has 1 N–H and O–H groups in total. The molecule has 1 aliphatic heterocycles. The van der Waals surface area contributed by atoms with Gasteiger partial charge in [0.25, 0.3) is 0 Å². The highest BCUT2D eigenvalue weighted by Gasteiger charge is 2.36. The van der Waals surface area contributed by atoms with Crippen LogP contribution in [0.5, 0.6) is 5.75 Å². The lowest BCUT2D eigenvalue weighted by atomic mass is 10.2. The van der Waals surface area contributed by atoms with Gasteiger partial charge in [-0.05, 0) is 6.07 Å². The molecule has 18 heavy (non-hydrogen) atoms. The quantitative estimate of drug-likeness (QED) is 0.911. The summed E-state index contributed by atoms with van der Waals surface area (Å²) in [6.45, 7) is 0. The molecule has 2 heterocycles. The summed E-state index contributed by atoms with van der Waals surface area (Å²) in [5, 5.41) is 17.9.